The Kier molecular flexibility index (Phi) is 4.21. The van der Waals surface area contributed by atoms with Gasteiger partial charge in [0, 0.05) is 12.2 Å². The molecule has 108 valence electrons. The predicted octanol–water partition coefficient (Wildman–Crippen LogP) is 2.30. The van der Waals surface area contributed by atoms with Gasteiger partial charge in [-0.05, 0) is 74.4 Å². The number of aryl methyl sites for hydroxylation is 2. The predicted molar refractivity (Wildman–Crippen MR) is 81.1 cm³/mol. The van der Waals surface area contributed by atoms with Crippen LogP contribution in [0.1, 0.15) is 30.4 Å². The lowest BCUT2D eigenvalue weighted by molar-refractivity contribution is 0.248. The van der Waals surface area contributed by atoms with E-state index in [0.717, 1.165) is 44.6 Å². The molecule has 1 saturated heterocycles. The molecule has 0 atom stereocenters. The first kappa shape index (κ1) is 13.4. The first-order valence-corrected chi connectivity index (χ1v) is 7.68. The van der Waals surface area contributed by atoms with Crippen LogP contribution in [0.3, 0.4) is 0 Å². The van der Waals surface area contributed by atoms with Crippen LogP contribution in [0, 0.1) is 5.92 Å². The average molecular weight is 273 g/mol. The molecule has 3 N–H and O–H groups in total. The van der Waals surface area contributed by atoms with Crippen molar-refractivity contribution < 1.29 is 4.79 Å². The van der Waals surface area contributed by atoms with E-state index in [1.54, 1.807) is 0 Å². The van der Waals surface area contributed by atoms with E-state index in [-0.39, 0.29) is 6.03 Å². The third-order valence-electron chi connectivity index (χ3n) is 4.37. The third kappa shape index (κ3) is 3.31. The van der Waals surface area contributed by atoms with Gasteiger partial charge in [-0.3, -0.25) is 0 Å². The fourth-order valence-electron chi connectivity index (χ4n) is 3.15. The molecule has 0 unspecified atom stereocenters. The molecular weight excluding hydrogens is 250 g/mol. The highest BCUT2D eigenvalue weighted by atomic mass is 16.2. The highest BCUT2D eigenvalue weighted by molar-refractivity contribution is 5.89. The van der Waals surface area contributed by atoms with Gasteiger partial charge in [0.15, 0.2) is 0 Å². The topological polar surface area (TPSA) is 53.2 Å². The largest absolute Gasteiger partial charge is 0.338 e. The van der Waals surface area contributed by atoms with Crippen molar-refractivity contribution >= 4 is 11.7 Å². The highest BCUT2D eigenvalue weighted by Crippen LogP contribution is 2.24. The molecule has 4 nitrogen and oxygen atoms in total. The molecule has 1 aliphatic heterocycles. The second-order valence-corrected chi connectivity index (χ2v) is 5.87. The lowest BCUT2D eigenvalue weighted by atomic mass is 9.98. The number of amides is 2. The number of urea groups is 1. The average Bonchev–Trinajstić information content (AvgIpc) is 2.94. The van der Waals surface area contributed by atoms with Crippen LogP contribution in [0.4, 0.5) is 10.5 Å². The van der Waals surface area contributed by atoms with Gasteiger partial charge in [0.2, 0.25) is 0 Å². The molecule has 0 spiro atoms. The van der Waals surface area contributed by atoms with Crippen LogP contribution in [0.5, 0.6) is 0 Å². The van der Waals surface area contributed by atoms with Crippen molar-refractivity contribution in [3.63, 3.8) is 0 Å². The second kappa shape index (κ2) is 6.27. The summed E-state index contributed by atoms with van der Waals surface area (Å²) in [6.07, 6.45) is 5.86. The van der Waals surface area contributed by atoms with Crippen LogP contribution in [0.2, 0.25) is 0 Å². The zero-order valence-electron chi connectivity index (χ0n) is 11.9. The van der Waals surface area contributed by atoms with Crippen molar-refractivity contribution in [1.29, 1.82) is 0 Å². The van der Waals surface area contributed by atoms with E-state index in [1.165, 1.54) is 24.0 Å². The molecule has 1 fully saturated rings. The normalized spacial score (nSPS) is 18.6. The van der Waals surface area contributed by atoms with E-state index in [9.17, 15) is 4.79 Å². The summed E-state index contributed by atoms with van der Waals surface area (Å²) in [6, 6.07) is 6.19. The Morgan fingerprint density at radius 1 is 1.20 bits per heavy atom. The maximum Gasteiger partial charge on any atom is 0.319 e. The molecule has 1 heterocycles. The highest BCUT2D eigenvalue weighted by Gasteiger charge is 2.15. The van der Waals surface area contributed by atoms with Crippen LogP contribution < -0.4 is 16.0 Å². The van der Waals surface area contributed by atoms with E-state index in [2.05, 4.69) is 28.1 Å². The van der Waals surface area contributed by atoms with Gasteiger partial charge in [0.1, 0.15) is 0 Å². The molecule has 0 aromatic heterocycles. The summed E-state index contributed by atoms with van der Waals surface area (Å²) in [5, 5.41) is 9.27. The Morgan fingerprint density at radius 2 is 2.00 bits per heavy atom. The van der Waals surface area contributed by atoms with Crippen molar-refractivity contribution in [2.75, 3.05) is 25.0 Å². The lowest BCUT2D eigenvalue weighted by Crippen LogP contribution is -2.37. The Balaban J connectivity index is 1.48. The first-order chi connectivity index (χ1) is 9.81. The molecule has 1 aromatic carbocycles. The summed E-state index contributed by atoms with van der Waals surface area (Å²) in [6.45, 7) is 2.91. The minimum absolute atomic E-state index is 0.0820. The van der Waals surface area contributed by atoms with Gasteiger partial charge >= 0.3 is 6.03 Å². The molecule has 4 heteroatoms. The molecule has 0 bridgehead atoms. The molecule has 1 aliphatic carbocycles. The van der Waals surface area contributed by atoms with Crippen molar-refractivity contribution in [3.05, 3.63) is 29.3 Å². The van der Waals surface area contributed by atoms with Crippen LogP contribution in [0.25, 0.3) is 0 Å². The summed E-state index contributed by atoms with van der Waals surface area (Å²) in [5.41, 5.74) is 3.74. The molecule has 3 rings (SSSR count). The molecule has 2 aliphatic rings. The number of benzene rings is 1. The van der Waals surface area contributed by atoms with Gasteiger partial charge < -0.3 is 16.0 Å². The first-order valence-electron chi connectivity index (χ1n) is 7.68. The molecule has 0 radical (unpaired) electrons. The SMILES string of the molecule is O=C(NCC1CCNCC1)Nc1ccc2c(c1)CCC2. The number of rotatable bonds is 3. The number of nitrogens with one attached hydrogen (secondary N) is 3. The van der Waals surface area contributed by atoms with E-state index < -0.39 is 0 Å². The fourth-order valence-corrected chi connectivity index (χ4v) is 3.15. The summed E-state index contributed by atoms with van der Waals surface area (Å²) in [7, 11) is 0. The van der Waals surface area contributed by atoms with Crippen LogP contribution in [0.15, 0.2) is 18.2 Å². The minimum atomic E-state index is -0.0820. The zero-order valence-corrected chi connectivity index (χ0v) is 11.9. The number of anilines is 1. The zero-order chi connectivity index (χ0) is 13.8. The van der Waals surface area contributed by atoms with E-state index >= 15 is 0 Å². The summed E-state index contributed by atoms with van der Waals surface area (Å²) < 4.78 is 0. The van der Waals surface area contributed by atoms with Gasteiger partial charge in [0.25, 0.3) is 0 Å². The number of hydrogen-bond donors (Lipinski definition) is 3. The Bertz CT molecular complexity index is 481. The lowest BCUT2D eigenvalue weighted by Gasteiger charge is -2.22. The number of fused-ring (bicyclic) bond motifs is 1. The fraction of sp³-hybridized carbons (Fsp3) is 0.562. The monoisotopic (exact) mass is 273 g/mol. The molecule has 20 heavy (non-hydrogen) atoms. The smallest absolute Gasteiger partial charge is 0.319 e. The summed E-state index contributed by atoms with van der Waals surface area (Å²) >= 11 is 0. The summed E-state index contributed by atoms with van der Waals surface area (Å²) in [4.78, 5) is 11.9. The van der Waals surface area contributed by atoms with Crippen molar-refractivity contribution in [3.8, 4) is 0 Å². The maximum absolute atomic E-state index is 11.9. The van der Waals surface area contributed by atoms with Crippen LogP contribution in [-0.2, 0) is 12.8 Å². The van der Waals surface area contributed by atoms with Crippen molar-refractivity contribution in [2.24, 2.45) is 5.92 Å². The van der Waals surface area contributed by atoms with Crippen LogP contribution >= 0.6 is 0 Å². The van der Waals surface area contributed by atoms with Gasteiger partial charge in [0.05, 0.1) is 0 Å². The van der Waals surface area contributed by atoms with Crippen molar-refractivity contribution in [1.82, 2.24) is 10.6 Å². The second-order valence-electron chi connectivity index (χ2n) is 5.87. The Morgan fingerprint density at radius 3 is 2.85 bits per heavy atom. The number of carbonyl (C=O) groups is 1. The van der Waals surface area contributed by atoms with E-state index in [1.807, 2.05) is 6.07 Å². The quantitative estimate of drug-likeness (QED) is 0.791. The van der Waals surface area contributed by atoms with E-state index in [4.69, 9.17) is 0 Å². The maximum atomic E-state index is 11.9. The Labute approximate surface area is 120 Å². The van der Waals surface area contributed by atoms with Crippen molar-refractivity contribution in [2.45, 2.75) is 32.1 Å². The molecular formula is C16H23N3O. The molecule has 0 saturated carbocycles. The molecule has 1 aromatic rings. The third-order valence-corrected chi connectivity index (χ3v) is 4.37. The molecule has 2 amide bonds. The summed E-state index contributed by atoms with van der Waals surface area (Å²) in [5.74, 6) is 0.613. The van der Waals surface area contributed by atoms with Gasteiger partial charge in [-0.2, -0.15) is 0 Å². The number of carbonyl (C=O) groups excluding carboxylic acids is 1. The van der Waals surface area contributed by atoms with Gasteiger partial charge in [-0.25, -0.2) is 4.79 Å². The Hall–Kier alpha value is -1.55. The van der Waals surface area contributed by atoms with Gasteiger partial charge in [-0.1, -0.05) is 6.07 Å². The number of hydrogen-bond acceptors (Lipinski definition) is 2. The van der Waals surface area contributed by atoms with Crippen LogP contribution in [-0.4, -0.2) is 25.7 Å². The number of piperidine rings is 1. The van der Waals surface area contributed by atoms with Gasteiger partial charge in [-0.15, -0.1) is 0 Å². The standard InChI is InChI=1S/C16H23N3O/c20-16(18-11-12-6-8-17-9-7-12)19-15-5-4-13-2-1-3-14(13)10-15/h4-5,10,12,17H,1-3,6-9,11H2,(H2,18,19,20). The minimum Gasteiger partial charge on any atom is -0.338 e. The van der Waals surface area contributed by atoms with E-state index in [0.29, 0.717) is 5.92 Å².